The van der Waals surface area contributed by atoms with Gasteiger partial charge in [0.25, 0.3) is 0 Å². The van der Waals surface area contributed by atoms with Crippen LogP contribution in [0.15, 0.2) is 18.2 Å². The molecule has 4 nitrogen and oxygen atoms in total. The number of rotatable bonds is 2. The molecule has 0 radical (unpaired) electrons. The SMILES string of the molecule is CCN(C)C(=O)Nc1cc(C#CCN)ccc1C. The maximum absolute atomic E-state index is 11.8. The molecule has 0 fully saturated rings. The highest BCUT2D eigenvalue weighted by Crippen LogP contribution is 2.16. The summed E-state index contributed by atoms with van der Waals surface area (Å²) in [5.74, 6) is 5.74. The molecule has 3 N–H and O–H groups in total. The highest BCUT2D eigenvalue weighted by Gasteiger charge is 2.08. The van der Waals surface area contributed by atoms with Gasteiger partial charge < -0.3 is 16.0 Å². The van der Waals surface area contributed by atoms with Gasteiger partial charge in [-0.1, -0.05) is 17.9 Å². The molecule has 1 aromatic carbocycles. The summed E-state index contributed by atoms with van der Waals surface area (Å²) in [5, 5.41) is 2.87. The van der Waals surface area contributed by atoms with Crippen LogP contribution in [0.25, 0.3) is 0 Å². The fraction of sp³-hybridized carbons (Fsp3) is 0.357. The Labute approximate surface area is 108 Å². The molecule has 4 heteroatoms. The minimum absolute atomic E-state index is 0.121. The normalized spacial score (nSPS) is 9.33. The maximum Gasteiger partial charge on any atom is 0.321 e. The number of carbonyl (C=O) groups is 1. The number of hydrogen-bond acceptors (Lipinski definition) is 2. The maximum atomic E-state index is 11.8. The average Bonchev–Trinajstić information content (AvgIpc) is 2.38. The van der Waals surface area contributed by atoms with Gasteiger partial charge in [-0.05, 0) is 31.5 Å². The first kappa shape index (κ1) is 14.1. The van der Waals surface area contributed by atoms with Crippen LogP contribution >= 0.6 is 0 Å². The van der Waals surface area contributed by atoms with Crippen molar-refractivity contribution in [2.45, 2.75) is 13.8 Å². The predicted molar refractivity (Wildman–Crippen MR) is 74.4 cm³/mol. The van der Waals surface area contributed by atoms with E-state index in [1.165, 1.54) is 0 Å². The molecule has 1 rings (SSSR count). The third-order valence-electron chi connectivity index (χ3n) is 2.63. The molecule has 0 heterocycles. The van der Waals surface area contributed by atoms with E-state index in [1.807, 2.05) is 32.0 Å². The van der Waals surface area contributed by atoms with Gasteiger partial charge in [0.1, 0.15) is 0 Å². The summed E-state index contributed by atoms with van der Waals surface area (Å²) >= 11 is 0. The number of benzene rings is 1. The van der Waals surface area contributed by atoms with Gasteiger partial charge in [-0.15, -0.1) is 0 Å². The highest BCUT2D eigenvalue weighted by molar-refractivity contribution is 5.90. The molecular weight excluding hydrogens is 226 g/mol. The van der Waals surface area contributed by atoms with E-state index in [-0.39, 0.29) is 6.03 Å². The van der Waals surface area contributed by atoms with Crippen LogP contribution in [0.5, 0.6) is 0 Å². The summed E-state index contributed by atoms with van der Waals surface area (Å²) in [6, 6.07) is 5.59. The molecule has 0 aromatic heterocycles. The van der Waals surface area contributed by atoms with E-state index in [9.17, 15) is 4.79 Å². The molecule has 96 valence electrons. The van der Waals surface area contributed by atoms with E-state index in [0.29, 0.717) is 13.1 Å². The van der Waals surface area contributed by atoms with Crippen molar-refractivity contribution in [3.05, 3.63) is 29.3 Å². The molecule has 1 aromatic rings. The highest BCUT2D eigenvalue weighted by atomic mass is 16.2. The smallest absolute Gasteiger partial charge is 0.321 e. The van der Waals surface area contributed by atoms with Gasteiger partial charge in [0.2, 0.25) is 0 Å². The van der Waals surface area contributed by atoms with Gasteiger partial charge in [-0.2, -0.15) is 0 Å². The van der Waals surface area contributed by atoms with Gasteiger partial charge in [0.15, 0.2) is 0 Å². The number of nitrogens with zero attached hydrogens (tertiary/aromatic N) is 1. The van der Waals surface area contributed by atoms with Crippen molar-refractivity contribution in [3.63, 3.8) is 0 Å². The Hall–Kier alpha value is -1.99. The molecule has 0 aliphatic rings. The van der Waals surface area contributed by atoms with Gasteiger partial charge >= 0.3 is 6.03 Å². The van der Waals surface area contributed by atoms with Gasteiger partial charge in [-0.3, -0.25) is 0 Å². The second kappa shape index (κ2) is 6.67. The molecule has 0 unspecified atom stereocenters. The van der Waals surface area contributed by atoms with E-state index in [0.717, 1.165) is 16.8 Å². The molecule has 0 bridgehead atoms. The number of amides is 2. The van der Waals surface area contributed by atoms with Crippen molar-refractivity contribution in [3.8, 4) is 11.8 Å². The molecule has 0 spiro atoms. The number of hydrogen-bond donors (Lipinski definition) is 2. The average molecular weight is 245 g/mol. The van der Waals surface area contributed by atoms with Crippen LogP contribution in [0.3, 0.4) is 0 Å². The lowest BCUT2D eigenvalue weighted by Gasteiger charge is -2.16. The second-order valence-corrected chi connectivity index (χ2v) is 3.98. The van der Waals surface area contributed by atoms with Crippen molar-refractivity contribution in [1.29, 1.82) is 0 Å². The third-order valence-corrected chi connectivity index (χ3v) is 2.63. The zero-order valence-corrected chi connectivity index (χ0v) is 11.1. The number of carbonyl (C=O) groups excluding carboxylic acids is 1. The Kier molecular flexibility index (Phi) is 5.22. The monoisotopic (exact) mass is 245 g/mol. The van der Waals surface area contributed by atoms with Gasteiger partial charge in [0, 0.05) is 24.8 Å². The predicted octanol–water partition coefficient (Wildman–Crippen LogP) is 1.79. The lowest BCUT2D eigenvalue weighted by molar-refractivity contribution is 0.224. The number of nitrogens with two attached hydrogens (primary N) is 1. The van der Waals surface area contributed by atoms with Gasteiger partial charge in [0.05, 0.1) is 6.54 Å². The van der Waals surface area contributed by atoms with Gasteiger partial charge in [-0.25, -0.2) is 4.79 Å². The van der Waals surface area contributed by atoms with Crippen LogP contribution < -0.4 is 11.1 Å². The fourth-order valence-electron chi connectivity index (χ4n) is 1.34. The Morgan fingerprint density at radius 3 is 2.83 bits per heavy atom. The largest absolute Gasteiger partial charge is 0.328 e. The van der Waals surface area contributed by atoms with Crippen molar-refractivity contribution in [2.24, 2.45) is 5.73 Å². The Balaban J connectivity index is 2.91. The summed E-state index contributed by atoms with van der Waals surface area (Å²) in [6.45, 7) is 4.86. The van der Waals surface area contributed by atoms with Crippen LogP contribution in [-0.2, 0) is 0 Å². The van der Waals surface area contributed by atoms with Crippen LogP contribution in [0.2, 0.25) is 0 Å². The van der Waals surface area contributed by atoms with Crippen molar-refractivity contribution in [1.82, 2.24) is 4.90 Å². The van der Waals surface area contributed by atoms with Crippen LogP contribution in [0.1, 0.15) is 18.1 Å². The fourth-order valence-corrected chi connectivity index (χ4v) is 1.34. The summed E-state index contributed by atoms with van der Waals surface area (Å²) in [5.41, 5.74) is 7.97. The Morgan fingerprint density at radius 2 is 2.22 bits per heavy atom. The molecule has 0 saturated heterocycles. The van der Waals surface area contributed by atoms with Crippen LogP contribution in [0, 0.1) is 18.8 Å². The second-order valence-electron chi connectivity index (χ2n) is 3.98. The summed E-state index contributed by atoms with van der Waals surface area (Å²) in [7, 11) is 1.75. The number of nitrogens with one attached hydrogen (secondary N) is 1. The first-order valence-electron chi connectivity index (χ1n) is 5.90. The number of urea groups is 1. The molecule has 0 saturated carbocycles. The number of aryl methyl sites for hydroxylation is 1. The zero-order chi connectivity index (χ0) is 13.5. The summed E-state index contributed by atoms with van der Waals surface area (Å²) in [4.78, 5) is 13.4. The van der Waals surface area contributed by atoms with E-state index < -0.39 is 0 Å². The quantitative estimate of drug-likeness (QED) is 0.780. The van der Waals surface area contributed by atoms with E-state index in [4.69, 9.17) is 5.73 Å². The molecule has 0 aliphatic heterocycles. The molecule has 2 amide bonds. The minimum Gasteiger partial charge on any atom is -0.328 e. The third kappa shape index (κ3) is 3.79. The Morgan fingerprint density at radius 1 is 1.50 bits per heavy atom. The van der Waals surface area contributed by atoms with E-state index >= 15 is 0 Å². The lowest BCUT2D eigenvalue weighted by atomic mass is 10.1. The number of anilines is 1. The van der Waals surface area contributed by atoms with E-state index in [2.05, 4.69) is 17.2 Å². The molecule has 18 heavy (non-hydrogen) atoms. The first-order valence-corrected chi connectivity index (χ1v) is 5.90. The summed E-state index contributed by atoms with van der Waals surface area (Å²) in [6.07, 6.45) is 0. The minimum atomic E-state index is -0.121. The molecule has 0 atom stereocenters. The van der Waals surface area contributed by atoms with Crippen LogP contribution in [-0.4, -0.2) is 31.1 Å². The molecule has 0 aliphatic carbocycles. The van der Waals surface area contributed by atoms with Crippen LogP contribution in [0.4, 0.5) is 10.5 Å². The first-order chi connectivity index (χ1) is 8.58. The Bertz CT molecular complexity index is 486. The van der Waals surface area contributed by atoms with Crippen molar-refractivity contribution >= 4 is 11.7 Å². The topological polar surface area (TPSA) is 58.4 Å². The standard InChI is InChI=1S/C14H19N3O/c1-4-17(3)14(18)16-13-10-12(6-5-9-15)8-7-11(13)2/h7-8,10H,4,9,15H2,1-3H3,(H,16,18). The zero-order valence-electron chi connectivity index (χ0n) is 11.1. The van der Waals surface area contributed by atoms with Crippen molar-refractivity contribution < 1.29 is 4.79 Å². The van der Waals surface area contributed by atoms with Crippen molar-refractivity contribution in [2.75, 3.05) is 25.5 Å². The lowest BCUT2D eigenvalue weighted by Crippen LogP contribution is -2.31. The van der Waals surface area contributed by atoms with E-state index in [1.54, 1.807) is 11.9 Å². The molecular formula is C14H19N3O. The summed E-state index contributed by atoms with van der Waals surface area (Å²) < 4.78 is 0.